The molecule has 2 aliphatic rings. The van der Waals surface area contributed by atoms with Gasteiger partial charge in [0.2, 0.25) is 5.91 Å². The minimum absolute atomic E-state index is 0.260. The highest BCUT2D eigenvalue weighted by Gasteiger charge is 2.25. The first kappa shape index (κ1) is 17.3. The van der Waals surface area contributed by atoms with Crippen molar-refractivity contribution in [1.29, 1.82) is 0 Å². The quantitative estimate of drug-likeness (QED) is 0.704. The summed E-state index contributed by atoms with van der Waals surface area (Å²) in [7, 11) is 0. The number of hydrogen-bond donors (Lipinski definition) is 0. The predicted molar refractivity (Wildman–Crippen MR) is 113 cm³/mol. The standard InChI is InChI=1S/C23H26N4O/c28-23-10-9-19-5-1-3-7-21(19)26(23)18-15-24-13-16-25(17-14-24)27-12-11-20-6-2-4-8-22(20)27/h1-8,11-12H,9-10,13-18H2. The Morgan fingerprint density at radius 2 is 1.57 bits per heavy atom. The second kappa shape index (κ2) is 7.32. The molecule has 0 radical (unpaired) electrons. The Morgan fingerprint density at radius 3 is 2.46 bits per heavy atom. The number of nitrogens with zero attached hydrogens (tertiary/aromatic N) is 4. The van der Waals surface area contributed by atoms with Crippen LogP contribution in [0, 0.1) is 0 Å². The molecule has 0 spiro atoms. The van der Waals surface area contributed by atoms with Gasteiger partial charge >= 0.3 is 0 Å². The molecule has 0 bridgehead atoms. The van der Waals surface area contributed by atoms with Gasteiger partial charge < -0.3 is 9.91 Å². The van der Waals surface area contributed by atoms with Gasteiger partial charge in [0, 0.05) is 63.0 Å². The van der Waals surface area contributed by atoms with Gasteiger partial charge in [-0.1, -0.05) is 36.4 Å². The van der Waals surface area contributed by atoms with Crippen molar-refractivity contribution in [3.63, 3.8) is 0 Å². The molecule has 28 heavy (non-hydrogen) atoms. The zero-order valence-electron chi connectivity index (χ0n) is 16.1. The van der Waals surface area contributed by atoms with E-state index in [2.05, 4.69) is 69.3 Å². The number of anilines is 1. The third kappa shape index (κ3) is 3.16. The number of aromatic nitrogens is 1. The Bertz CT molecular complexity index is 987. The van der Waals surface area contributed by atoms with Crippen molar-refractivity contribution >= 4 is 22.5 Å². The molecule has 2 aromatic carbocycles. The van der Waals surface area contributed by atoms with Crippen LogP contribution in [0.4, 0.5) is 5.69 Å². The molecule has 2 aliphatic heterocycles. The molecule has 0 atom stereocenters. The first-order valence-corrected chi connectivity index (χ1v) is 10.2. The third-order valence-electron chi connectivity index (χ3n) is 6.06. The number of aryl methyl sites for hydroxylation is 1. The summed E-state index contributed by atoms with van der Waals surface area (Å²) >= 11 is 0. The summed E-state index contributed by atoms with van der Waals surface area (Å²) in [5.41, 5.74) is 3.68. The molecule has 1 saturated heterocycles. The third-order valence-corrected chi connectivity index (χ3v) is 6.06. The second-order valence-corrected chi connectivity index (χ2v) is 7.69. The molecule has 3 heterocycles. The van der Waals surface area contributed by atoms with E-state index < -0.39 is 0 Å². The average Bonchev–Trinajstić information content (AvgIpc) is 3.18. The maximum absolute atomic E-state index is 12.5. The molecular weight excluding hydrogens is 348 g/mol. The van der Waals surface area contributed by atoms with Crippen LogP contribution in [0.2, 0.25) is 0 Å². The molecule has 1 fully saturated rings. The Balaban J connectivity index is 1.21. The highest BCUT2D eigenvalue weighted by atomic mass is 16.2. The van der Waals surface area contributed by atoms with Gasteiger partial charge in [-0.15, -0.1) is 0 Å². The van der Waals surface area contributed by atoms with Crippen LogP contribution in [0.1, 0.15) is 12.0 Å². The van der Waals surface area contributed by atoms with Crippen molar-refractivity contribution in [2.24, 2.45) is 0 Å². The Morgan fingerprint density at radius 1 is 0.786 bits per heavy atom. The number of benzene rings is 2. The summed E-state index contributed by atoms with van der Waals surface area (Å²) < 4.78 is 2.29. The van der Waals surface area contributed by atoms with E-state index in [0.717, 1.165) is 51.4 Å². The summed E-state index contributed by atoms with van der Waals surface area (Å²) in [4.78, 5) is 16.9. The number of carbonyl (C=O) groups excluding carboxylic acids is 1. The number of amides is 1. The van der Waals surface area contributed by atoms with Crippen LogP contribution in [-0.4, -0.2) is 54.8 Å². The minimum Gasteiger partial charge on any atom is -0.311 e. The van der Waals surface area contributed by atoms with Crippen molar-refractivity contribution < 1.29 is 4.79 Å². The van der Waals surface area contributed by atoms with Crippen molar-refractivity contribution in [2.75, 3.05) is 49.2 Å². The van der Waals surface area contributed by atoms with Crippen molar-refractivity contribution in [1.82, 2.24) is 9.58 Å². The number of fused-ring (bicyclic) bond motifs is 2. The number of para-hydroxylation sites is 2. The lowest BCUT2D eigenvalue weighted by molar-refractivity contribution is -0.118. The lowest BCUT2D eigenvalue weighted by atomic mass is 10.0. The number of hydrogen-bond acceptors (Lipinski definition) is 3. The normalized spacial score (nSPS) is 17.9. The first-order chi connectivity index (χ1) is 13.8. The van der Waals surface area contributed by atoms with Gasteiger partial charge in [0.05, 0.1) is 5.52 Å². The van der Waals surface area contributed by atoms with Crippen LogP contribution < -0.4 is 9.91 Å². The summed E-state index contributed by atoms with van der Waals surface area (Å²) in [5.74, 6) is 0.260. The molecular formula is C23H26N4O. The Kier molecular flexibility index (Phi) is 4.53. The largest absolute Gasteiger partial charge is 0.311 e. The maximum Gasteiger partial charge on any atom is 0.227 e. The molecule has 0 saturated carbocycles. The van der Waals surface area contributed by atoms with Gasteiger partial charge in [0.25, 0.3) is 0 Å². The average molecular weight is 374 g/mol. The van der Waals surface area contributed by atoms with Crippen molar-refractivity contribution in [3.8, 4) is 0 Å². The van der Waals surface area contributed by atoms with E-state index in [-0.39, 0.29) is 5.91 Å². The van der Waals surface area contributed by atoms with Crippen LogP contribution in [0.25, 0.3) is 10.9 Å². The van der Waals surface area contributed by atoms with Crippen LogP contribution in [-0.2, 0) is 11.2 Å². The van der Waals surface area contributed by atoms with Crippen LogP contribution in [0.5, 0.6) is 0 Å². The number of piperazine rings is 1. The number of carbonyl (C=O) groups is 1. The number of rotatable bonds is 4. The highest BCUT2D eigenvalue weighted by molar-refractivity contribution is 5.96. The van der Waals surface area contributed by atoms with Gasteiger partial charge in [-0.3, -0.25) is 14.4 Å². The van der Waals surface area contributed by atoms with Crippen molar-refractivity contribution in [2.45, 2.75) is 12.8 Å². The first-order valence-electron chi connectivity index (χ1n) is 10.2. The highest BCUT2D eigenvalue weighted by Crippen LogP contribution is 2.27. The summed E-state index contributed by atoms with van der Waals surface area (Å²) in [5, 5.41) is 3.70. The smallest absolute Gasteiger partial charge is 0.227 e. The molecule has 1 aromatic heterocycles. The van der Waals surface area contributed by atoms with Gasteiger partial charge in [-0.2, -0.15) is 0 Å². The Hall–Kier alpha value is -2.79. The maximum atomic E-state index is 12.5. The molecule has 0 unspecified atom stereocenters. The van der Waals surface area contributed by atoms with Crippen LogP contribution >= 0.6 is 0 Å². The molecule has 0 aliphatic carbocycles. The van der Waals surface area contributed by atoms with E-state index in [0.29, 0.717) is 6.42 Å². The zero-order chi connectivity index (χ0) is 18.9. The minimum atomic E-state index is 0.260. The van der Waals surface area contributed by atoms with E-state index in [1.54, 1.807) is 0 Å². The summed E-state index contributed by atoms with van der Waals surface area (Å²) in [6.07, 6.45) is 3.67. The lowest BCUT2D eigenvalue weighted by Gasteiger charge is -2.38. The van der Waals surface area contributed by atoms with E-state index in [9.17, 15) is 4.79 Å². The predicted octanol–water partition coefficient (Wildman–Crippen LogP) is 2.87. The molecule has 3 aromatic rings. The van der Waals surface area contributed by atoms with Gasteiger partial charge in [0.1, 0.15) is 0 Å². The molecule has 5 heteroatoms. The van der Waals surface area contributed by atoms with Crippen molar-refractivity contribution in [3.05, 3.63) is 66.4 Å². The molecule has 5 nitrogen and oxygen atoms in total. The lowest BCUT2D eigenvalue weighted by Crippen LogP contribution is -2.52. The van der Waals surface area contributed by atoms with E-state index in [4.69, 9.17) is 0 Å². The monoisotopic (exact) mass is 374 g/mol. The molecule has 1 amide bonds. The van der Waals surface area contributed by atoms with Gasteiger partial charge in [-0.25, -0.2) is 0 Å². The zero-order valence-corrected chi connectivity index (χ0v) is 16.1. The van der Waals surface area contributed by atoms with Crippen LogP contribution in [0.15, 0.2) is 60.8 Å². The molecule has 0 N–H and O–H groups in total. The fourth-order valence-corrected chi connectivity index (χ4v) is 4.47. The topological polar surface area (TPSA) is 31.7 Å². The molecule has 5 rings (SSSR count). The van der Waals surface area contributed by atoms with Gasteiger partial charge in [0.15, 0.2) is 0 Å². The fourth-order valence-electron chi connectivity index (χ4n) is 4.47. The molecule has 144 valence electrons. The van der Waals surface area contributed by atoms with E-state index >= 15 is 0 Å². The SMILES string of the molecule is O=C1CCc2ccccc2N1CCN1CCN(n2ccc3ccccc32)CC1. The van der Waals surface area contributed by atoms with Gasteiger partial charge in [-0.05, 0) is 30.2 Å². The van der Waals surface area contributed by atoms with E-state index in [1.807, 2.05) is 11.0 Å². The summed E-state index contributed by atoms with van der Waals surface area (Å²) in [6.45, 7) is 5.77. The van der Waals surface area contributed by atoms with Crippen LogP contribution in [0.3, 0.4) is 0 Å². The summed E-state index contributed by atoms with van der Waals surface area (Å²) in [6, 6.07) is 19.0. The van der Waals surface area contributed by atoms with E-state index in [1.165, 1.54) is 16.5 Å². The second-order valence-electron chi connectivity index (χ2n) is 7.69. The Labute approximate surface area is 165 Å². The fraction of sp³-hybridized carbons (Fsp3) is 0.348.